The van der Waals surface area contributed by atoms with Gasteiger partial charge < -0.3 is 14.2 Å². The molecule has 0 fully saturated rings. The maximum atomic E-state index is 12.8. The van der Waals surface area contributed by atoms with Crippen LogP contribution in [0.15, 0.2) is 0 Å². The highest BCUT2D eigenvalue weighted by molar-refractivity contribution is 5.71. The Hall–Kier alpha value is -1.59. The van der Waals surface area contributed by atoms with E-state index in [9.17, 15) is 14.4 Å². The number of unbranched alkanes of at least 4 members (excludes halogenated alkanes) is 35. The van der Waals surface area contributed by atoms with Gasteiger partial charge in [-0.25, -0.2) is 0 Å². The minimum atomic E-state index is -0.764. The number of rotatable bonds is 54. The Morgan fingerprint density at radius 1 is 0.299 bits per heavy atom. The van der Waals surface area contributed by atoms with Crippen molar-refractivity contribution in [2.75, 3.05) is 13.2 Å². The molecule has 0 heterocycles. The summed E-state index contributed by atoms with van der Waals surface area (Å²) in [6, 6.07) is 0. The molecule has 398 valence electrons. The molecule has 0 amide bonds. The van der Waals surface area contributed by atoms with Gasteiger partial charge in [0.05, 0.1) is 0 Å². The summed E-state index contributed by atoms with van der Waals surface area (Å²) in [4.78, 5) is 38.2. The summed E-state index contributed by atoms with van der Waals surface area (Å²) in [5.41, 5.74) is 0. The van der Waals surface area contributed by atoms with Crippen LogP contribution >= 0.6 is 0 Å². The molecule has 0 aromatic rings. The first-order valence-corrected chi connectivity index (χ1v) is 30.2. The summed E-state index contributed by atoms with van der Waals surface area (Å²) < 4.78 is 16.9. The number of esters is 3. The molecule has 0 saturated carbocycles. The van der Waals surface area contributed by atoms with Crippen LogP contribution in [0.1, 0.15) is 337 Å². The van der Waals surface area contributed by atoms with Crippen LogP contribution < -0.4 is 0 Å². The van der Waals surface area contributed by atoms with Gasteiger partial charge in [-0.3, -0.25) is 14.4 Å². The molecule has 0 bridgehead atoms. The van der Waals surface area contributed by atoms with E-state index in [1.165, 1.54) is 218 Å². The van der Waals surface area contributed by atoms with Crippen molar-refractivity contribution in [2.45, 2.75) is 343 Å². The predicted octanol–water partition coefficient (Wildman–Crippen LogP) is 19.9. The SMILES string of the molecule is CCC(C)CCCCCCCCCCCCCCCCCCCCC(=O)OC[C@@H](COC(=O)CCCCCCCCCCCCC(C)CC)OC(=O)CCCCCCCCCCCCC(C)C. The Morgan fingerprint density at radius 3 is 0.776 bits per heavy atom. The van der Waals surface area contributed by atoms with Crippen molar-refractivity contribution in [1.82, 2.24) is 0 Å². The van der Waals surface area contributed by atoms with Crippen molar-refractivity contribution in [3.63, 3.8) is 0 Å². The van der Waals surface area contributed by atoms with Crippen LogP contribution in [-0.4, -0.2) is 37.2 Å². The van der Waals surface area contributed by atoms with E-state index in [4.69, 9.17) is 14.2 Å². The zero-order valence-electron chi connectivity index (χ0n) is 46.2. The van der Waals surface area contributed by atoms with E-state index in [0.717, 1.165) is 75.5 Å². The maximum absolute atomic E-state index is 12.8. The zero-order valence-corrected chi connectivity index (χ0v) is 46.2. The molecule has 6 nitrogen and oxygen atoms in total. The highest BCUT2D eigenvalue weighted by Gasteiger charge is 2.19. The second-order valence-corrected chi connectivity index (χ2v) is 21.9. The van der Waals surface area contributed by atoms with E-state index >= 15 is 0 Å². The lowest BCUT2D eigenvalue weighted by atomic mass is 9.99. The third kappa shape index (κ3) is 52.1. The van der Waals surface area contributed by atoms with Crippen LogP contribution in [0.4, 0.5) is 0 Å². The molecule has 0 aliphatic rings. The van der Waals surface area contributed by atoms with Crippen LogP contribution in [-0.2, 0) is 28.6 Å². The highest BCUT2D eigenvalue weighted by Crippen LogP contribution is 2.19. The summed E-state index contributed by atoms with van der Waals surface area (Å²) in [5.74, 6) is 1.75. The Morgan fingerprint density at radius 2 is 0.522 bits per heavy atom. The standard InChI is InChI=1S/C61H118O6/c1-7-56(5)48-42-36-30-24-17-15-13-11-9-10-12-14-16-18-26-32-38-44-50-59(62)65-53-58(67-61(64)52-46-40-34-28-21-19-23-29-35-41-47-55(3)4)54-66-60(63)51-45-39-33-27-22-20-25-31-37-43-49-57(6)8-2/h55-58H,7-54H2,1-6H3/t56?,57?,58-/m0/s1. The Kier molecular flexibility index (Phi) is 51.0. The molecule has 0 aromatic carbocycles. The molecule has 0 aromatic heterocycles. The van der Waals surface area contributed by atoms with Gasteiger partial charge in [0.15, 0.2) is 6.10 Å². The second kappa shape index (κ2) is 52.2. The van der Waals surface area contributed by atoms with E-state index < -0.39 is 6.10 Å². The molecule has 0 saturated heterocycles. The fourth-order valence-electron chi connectivity index (χ4n) is 9.29. The van der Waals surface area contributed by atoms with Crippen molar-refractivity contribution in [3.05, 3.63) is 0 Å². The van der Waals surface area contributed by atoms with E-state index in [2.05, 4.69) is 41.5 Å². The number of hydrogen-bond donors (Lipinski definition) is 0. The monoisotopic (exact) mass is 947 g/mol. The summed E-state index contributed by atoms with van der Waals surface area (Å²) >= 11 is 0. The predicted molar refractivity (Wildman–Crippen MR) is 289 cm³/mol. The topological polar surface area (TPSA) is 78.9 Å². The summed E-state index contributed by atoms with van der Waals surface area (Å²) in [6.45, 7) is 13.8. The molecular weight excluding hydrogens is 829 g/mol. The van der Waals surface area contributed by atoms with Gasteiger partial charge in [-0.2, -0.15) is 0 Å². The van der Waals surface area contributed by atoms with Gasteiger partial charge >= 0.3 is 17.9 Å². The lowest BCUT2D eigenvalue weighted by Crippen LogP contribution is -2.30. The molecule has 0 aliphatic carbocycles. The first kappa shape index (κ1) is 65.4. The molecule has 3 atom stereocenters. The van der Waals surface area contributed by atoms with E-state index in [0.29, 0.717) is 19.3 Å². The molecule has 0 radical (unpaired) electrons. The molecule has 2 unspecified atom stereocenters. The maximum Gasteiger partial charge on any atom is 0.306 e. The van der Waals surface area contributed by atoms with Crippen molar-refractivity contribution >= 4 is 17.9 Å². The summed E-state index contributed by atoms with van der Waals surface area (Å²) in [5, 5.41) is 0. The smallest absolute Gasteiger partial charge is 0.306 e. The third-order valence-electron chi connectivity index (χ3n) is 14.6. The lowest BCUT2D eigenvalue weighted by molar-refractivity contribution is -0.167. The van der Waals surface area contributed by atoms with Crippen LogP contribution in [0, 0.1) is 17.8 Å². The zero-order chi connectivity index (χ0) is 49.1. The number of hydrogen-bond acceptors (Lipinski definition) is 6. The van der Waals surface area contributed by atoms with Gasteiger partial charge in [-0.1, -0.05) is 298 Å². The lowest BCUT2D eigenvalue weighted by Gasteiger charge is -2.18. The van der Waals surface area contributed by atoms with Crippen LogP contribution in [0.5, 0.6) is 0 Å². The molecule has 0 N–H and O–H groups in total. The normalized spacial score (nSPS) is 12.9. The first-order chi connectivity index (χ1) is 32.7. The number of ether oxygens (including phenoxy) is 3. The molecular formula is C61H118O6. The van der Waals surface area contributed by atoms with Crippen molar-refractivity contribution in [2.24, 2.45) is 17.8 Å². The van der Waals surface area contributed by atoms with E-state index in [1.807, 2.05) is 0 Å². The Labute approximate surface area is 418 Å². The van der Waals surface area contributed by atoms with Gasteiger partial charge in [-0.15, -0.1) is 0 Å². The number of carbonyl (C=O) groups excluding carboxylic acids is 3. The van der Waals surface area contributed by atoms with Crippen LogP contribution in [0.3, 0.4) is 0 Å². The van der Waals surface area contributed by atoms with Crippen molar-refractivity contribution in [3.8, 4) is 0 Å². The van der Waals surface area contributed by atoms with Gasteiger partial charge in [-0.05, 0) is 37.0 Å². The van der Waals surface area contributed by atoms with Gasteiger partial charge in [0.1, 0.15) is 13.2 Å². The highest BCUT2D eigenvalue weighted by atomic mass is 16.6. The summed E-state index contributed by atoms with van der Waals surface area (Å²) in [6.07, 6.45) is 55.2. The van der Waals surface area contributed by atoms with Crippen molar-refractivity contribution < 1.29 is 28.6 Å². The average molecular weight is 948 g/mol. The Balaban J connectivity index is 4.24. The quantitative estimate of drug-likeness (QED) is 0.0343. The third-order valence-corrected chi connectivity index (χ3v) is 14.6. The fourth-order valence-corrected chi connectivity index (χ4v) is 9.29. The minimum Gasteiger partial charge on any atom is -0.462 e. The molecule has 67 heavy (non-hydrogen) atoms. The van der Waals surface area contributed by atoms with Crippen molar-refractivity contribution in [1.29, 1.82) is 0 Å². The van der Waals surface area contributed by atoms with E-state index in [-0.39, 0.29) is 31.1 Å². The fraction of sp³-hybridized carbons (Fsp3) is 0.951. The Bertz CT molecular complexity index is 1040. The van der Waals surface area contributed by atoms with Gasteiger partial charge in [0, 0.05) is 19.3 Å². The van der Waals surface area contributed by atoms with Gasteiger partial charge in [0.25, 0.3) is 0 Å². The molecule has 6 heteroatoms. The van der Waals surface area contributed by atoms with Crippen LogP contribution in [0.2, 0.25) is 0 Å². The van der Waals surface area contributed by atoms with E-state index in [1.54, 1.807) is 0 Å². The molecule has 0 aliphatic heterocycles. The average Bonchev–Trinajstić information content (AvgIpc) is 3.31. The first-order valence-electron chi connectivity index (χ1n) is 30.2. The largest absolute Gasteiger partial charge is 0.462 e. The summed E-state index contributed by atoms with van der Waals surface area (Å²) in [7, 11) is 0. The molecule has 0 rings (SSSR count). The van der Waals surface area contributed by atoms with Gasteiger partial charge in [0.2, 0.25) is 0 Å². The number of carbonyl (C=O) groups is 3. The van der Waals surface area contributed by atoms with Crippen LogP contribution in [0.25, 0.3) is 0 Å². The second-order valence-electron chi connectivity index (χ2n) is 21.9. The molecule has 0 spiro atoms. The minimum absolute atomic E-state index is 0.0636.